The zero-order valence-corrected chi connectivity index (χ0v) is 16.6. The quantitative estimate of drug-likeness (QED) is 0.493. The number of ketones is 1. The molecule has 0 spiro atoms. The summed E-state index contributed by atoms with van der Waals surface area (Å²) in [5, 5.41) is 2.78. The maximum absolute atomic E-state index is 12.6. The fraction of sp³-hybridized carbons (Fsp3) is 0.160. The molecule has 0 aliphatic carbocycles. The lowest BCUT2D eigenvalue weighted by Gasteiger charge is -2.10. The van der Waals surface area contributed by atoms with Crippen LogP contribution in [-0.4, -0.2) is 24.3 Å². The molecule has 0 unspecified atom stereocenters. The number of carbonyl (C=O) groups is 3. The lowest BCUT2D eigenvalue weighted by molar-refractivity contribution is -0.116. The Morgan fingerprint density at radius 1 is 0.967 bits per heavy atom. The molecule has 30 heavy (non-hydrogen) atoms. The molecule has 1 aliphatic heterocycles. The van der Waals surface area contributed by atoms with Gasteiger partial charge in [0.2, 0.25) is 5.91 Å². The number of hydrogen-bond acceptors (Lipinski definition) is 4. The van der Waals surface area contributed by atoms with Crippen LogP contribution in [-0.2, 0) is 16.0 Å². The highest BCUT2D eigenvalue weighted by molar-refractivity contribution is 6.05. The number of fused-ring (bicyclic) bond motifs is 1. The first kappa shape index (κ1) is 19.6. The van der Waals surface area contributed by atoms with E-state index in [2.05, 4.69) is 5.32 Å². The van der Waals surface area contributed by atoms with Gasteiger partial charge in [0, 0.05) is 11.3 Å². The lowest BCUT2D eigenvalue weighted by Crippen LogP contribution is -2.16. The molecule has 3 aromatic rings. The van der Waals surface area contributed by atoms with Gasteiger partial charge < -0.3 is 10.1 Å². The monoisotopic (exact) mass is 399 g/mol. The molecule has 0 saturated carbocycles. The normalized spacial score (nSPS) is 14.7. The Labute approximate surface area is 174 Å². The van der Waals surface area contributed by atoms with Crippen molar-refractivity contribution in [3.8, 4) is 0 Å². The van der Waals surface area contributed by atoms with Gasteiger partial charge in [-0.3, -0.25) is 9.59 Å². The second-order valence-electron chi connectivity index (χ2n) is 7.33. The zero-order valence-electron chi connectivity index (χ0n) is 16.6. The van der Waals surface area contributed by atoms with Crippen LogP contribution in [0.15, 0.2) is 72.8 Å². The Hall–Kier alpha value is -3.73. The number of Topliss-reactive ketones (excluding diaryl/α,β-unsaturated/α-hetero) is 1. The molecule has 0 radical (unpaired) electrons. The minimum atomic E-state index is -0.527. The van der Waals surface area contributed by atoms with E-state index in [0.717, 1.165) is 22.4 Å². The van der Waals surface area contributed by atoms with E-state index in [-0.39, 0.29) is 24.2 Å². The summed E-state index contributed by atoms with van der Waals surface area (Å²) >= 11 is 0. The summed E-state index contributed by atoms with van der Waals surface area (Å²) < 4.78 is 5.32. The summed E-state index contributed by atoms with van der Waals surface area (Å²) in [5.74, 6) is -1.23. The summed E-state index contributed by atoms with van der Waals surface area (Å²) in [6, 6.07) is 22.1. The van der Waals surface area contributed by atoms with E-state index < -0.39 is 5.97 Å². The van der Waals surface area contributed by atoms with Gasteiger partial charge in [0.1, 0.15) is 0 Å². The van der Waals surface area contributed by atoms with Gasteiger partial charge in [0.05, 0.1) is 11.5 Å². The van der Waals surface area contributed by atoms with Gasteiger partial charge in [-0.15, -0.1) is 0 Å². The fourth-order valence-electron chi connectivity index (χ4n) is 3.57. The molecule has 5 nitrogen and oxygen atoms in total. The van der Waals surface area contributed by atoms with Gasteiger partial charge in [-0.05, 0) is 54.3 Å². The summed E-state index contributed by atoms with van der Waals surface area (Å²) in [4.78, 5) is 37.0. The molecule has 0 fully saturated rings. The molecular weight excluding hydrogens is 378 g/mol. The standard InChI is InChI=1S/C25H21NO4/c1-16-21-14-19(11-12-22(21)26-24(16)28)23(27)15-30-25(29)20-10-6-5-9-18(20)13-17-7-3-2-4-8-17/h2-12,14,16H,13,15H2,1H3,(H,26,28)/t16-/m0/s1. The molecule has 1 amide bonds. The van der Waals surface area contributed by atoms with Gasteiger partial charge in [-0.1, -0.05) is 48.5 Å². The number of rotatable bonds is 6. The third-order valence-electron chi connectivity index (χ3n) is 5.30. The van der Waals surface area contributed by atoms with E-state index in [0.29, 0.717) is 17.5 Å². The molecule has 1 aliphatic rings. The molecule has 0 bridgehead atoms. The molecule has 150 valence electrons. The van der Waals surface area contributed by atoms with Crippen molar-refractivity contribution in [2.75, 3.05) is 11.9 Å². The first-order valence-electron chi connectivity index (χ1n) is 9.80. The molecule has 1 atom stereocenters. The van der Waals surface area contributed by atoms with Crippen molar-refractivity contribution < 1.29 is 19.1 Å². The van der Waals surface area contributed by atoms with Crippen LogP contribution in [0, 0.1) is 0 Å². The van der Waals surface area contributed by atoms with Crippen LogP contribution in [0.2, 0.25) is 0 Å². The minimum absolute atomic E-state index is 0.0870. The van der Waals surface area contributed by atoms with E-state index in [4.69, 9.17) is 4.74 Å². The van der Waals surface area contributed by atoms with Crippen molar-refractivity contribution >= 4 is 23.3 Å². The van der Waals surface area contributed by atoms with Gasteiger partial charge >= 0.3 is 5.97 Å². The van der Waals surface area contributed by atoms with Crippen LogP contribution in [0.5, 0.6) is 0 Å². The Bertz CT molecular complexity index is 1120. The molecule has 0 aromatic heterocycles. The van der Waals surface area contributed by atoms with Crippen molar-refractivity contribution in [3.05, 3.63) is 101 Å². The Balaban J connectivity index is 1.44. The number of carbonyl (C=O) groups excluding carboxylic acids is 3. The summed E-state index contributed by atoms with van der Waals surface area (Å²) in [6.45, 7) is 1.44. The maximum atomic E-state index is 12.6. The zero-order chi connectivity index (χ0) is 21.1. The van der Waals surface area contributed by atoms with Crippen molar-refractivity contribution in [1.82, 2.24) is 0 Å². The van der Waals surface area contributed by atoms with Crippen molar-refractivity contribution in [3.63, 3.8) is 0 Å². The number of benzene rings is 3. The minimum Gasteiger partial charge on any atom is -0.454 e. The molecular formula is C25H21NO4. The smallest absolute Gasteiger partial charge is 0.338 e. The van der Waals surface area contributed by atoms with Gasteiger partial charge in [-0.2, -0.15) is 0 Å². The van der Waals surface area contributed by atoms with Gasteiger partial charge in [-0.25, -0.2) is 4.79 Å². The largest absolute Gasteiger partial charge is 0.454 e. The lowest BCUT2D eigenvalue weighted by atomic mass is 9.99. The highest BCUT2D eigenvalue weighted by Crippen LogP contribution is 2.32. The summed E-state index contributed by atoms with van der Waals surface area (Å²) in [7, 11) is 0. The first-order valence-corrected chi connectivity index (χ1v) is 9.80. The predicted octanol–water partition coefficient (Wildman–Crippen LogP) is 4.37. The van der Waals surface area contributed by atoms with Gasteiger partial charge in [0.25, 0.3) is 0 Å². The number of amides is 1. The molecule has 0 saturated heterocycles. The average molecular weight is 399 g/mol. The highest BCUT2D eigenvalue weighted by Gasteiger charge is 2.27. The number of ether oxygens (including phenoxy) is 1. The molecule has 5 heteroatoms. The average Bonchev–Trinajstić information content (AvgIpc) is 3.06. The predicted molar refractivity (Wildman–Crippen MR) is 114 cm³/mol. The third-order valence-corrected chi connectivity index (χ3v) is 5.30. The van der Waals surface area contributed by atoms with Crippen LogP contribution in [0.3, 0.4) is 0 Å². The Kier molecular flexibility index (Phi) is 5.44. The van der Waals surface area contributed by atoms with Crippen LogP contribution in [0.25, 0.3) is 0 Å². The maximum Gasteiger partial charge on any atom is 0.338 e. The van der Waals surface area contributed by atoms with Crippen molar-refractivity contribution in [1.29, 1.82) is 0 Å². The van der Waals surface area contributed by atoms with E-state index in [1.165, 1.54) is 0 Å². The number of anilines is 1. The third kappa shape index (κ3) is 4.01. The van der Waals surface area contributed by atoms with Gasteiger partial charge in [0.15, 0.2) is 12.4 Å². The van der Waals surface area contributed by atoms with E-state index in [1.54, 1.807) is 37.3 Å². The Morgan fingerprint density at radius 2 is 1.70 bits per heavy atom. The van der Waals surface area contributed by atoms with E-state index in [9.17, 15) is 14.4 Å². The summed E-state index contributed by atoms with van der Waals surface area (Å²) in [6.07, 6.45) is 0.601. The van der Waals surface area contributed by atoms with E-state index in [1.807, 2.05) is 42.5 Å². The first-order chi connectivity index (χ1) is 14.5. The van der Waals surface area contributed by atoms with Crippen LogP contribution in [0.4, 0.5) is 5.69 Å². The van der Waals surface area contributed by atoms with E-state index >= 15 is 0 Å². The second-order valence-corrected chi connectivity index (χ2v) is 7.33. The van der Waals surface area contributed by atoms with Crippen LogP contribution >= 0.6 is 0 Å². The number of nitrogens with one attached hydrogen (secondary N) is 1. The molecule has 3 aromatic carbocycles. The Morgan fingerprint density at radius 3 is 2.50 bits per heavy atom. The van der Waals surface area contributed by atoms with Crippen molar-refractivity contribution in [2.24, 2.45) is 0 Å². The second kappa shape index (κ2) is 8.33. The van der Waals surface area contributed by atoms with Crippen LogP contribution in [0.1, 0.15) is 50.2 Å². The SMILES string of the molecule is C[C@@H]1C(=O)Nc2ccc(C(=O)COC(=O)c3ccccc3Cc3ccccc3)cc21. The molecule has 1 N–H and O–H groups in total. The fourth-order valence-corrected chi connectivity index (χ4v) is 3.57. The number of hydrogen-bond donors (Lipinski definition) is 1. The molecule has 4 rings (SSSR count). The summed E-state index contributed by atoms with van der Waals surface area (Å²) in [5.41, 5.74) is 4.30. The number of esters is 1. The molecule has 1 heterocycles. The van der Waals surface area contributed by atoms with Crippen LogP contribution < -0.4 is 5.32 Å². The van der Waals surface area contributed by atoms with Crippen molar-refractivity contribution in [2.45, 2.75) is 19.3 Å². The topological polar surface area (TPSA) is 72.5 Å². The highest BCUT2D eigenvalue weighted by atomic mass is 16.5.